The third kappa shape index (κ3) is 5.73. The largest absolute Gasteiger partial charge is 0.491 e. The average molecular weight is 250 g/mol. The molecule has 0 aromatic rings. The molecule has 0 heterocycles. The maximum atomic E-state index is 9.74. The van der Waals surface area contributed by atoms with Gasteiger partial charge in [0, 0.05) is 0 Å². The number of aliphatic hydroxyl groups is 1. The molecule has 1 unspecified atom stereocenters. The third-order valence-electron chi connectivity index (χ3n) is 2.46. The predicted octanol–water partition coefficient (Wildman–Crippen LogP) is 3.09. The summed E-state index contributed by atoms with van der Waals surface area (Å²) in [6, 6.07) is 0. The highest BCUT2D eigenvalue weighted by Gasteiger charge is 2.07. The van der Waals surface area contributed by atoms with Crippen molar-refractivity contribution in [1.29, 1.82) is 0 Å². The fourth-order valence-electron chi connectivity index (χ4n) is 1.52. The zero-order chi connectivity index (χ0) is 13.2. The van der Waals surface area contributed by atoms with Gasteiger partial charge in [0.25, 0.3) is 0 Å². The highest BCUT2D eigenvalue weighted by atomic mass is 16.5. The Morgan fingerprint density at radius 3 is 2.83 bits per heavy atom. The first-order chi connectivity index (χ1) is 8.76. The van der Waals surface area contributed by atoms with Crippen molar-refractivity contribution in [3.63, 3.8) is 0 Å². The van der Waals surface area contributed by atoms with Gasteiger partial charge in [-0.2, -0.15) is 0 Å². The van der Waals surface area contributed by atoms with Crippen LogP contribution in [0.3, 0.4) is 0 Å². The van der Waals surface area contributed by atoms with Crippen LogP contribution in [0, 0.1) is 0 Å². The summed E-state index contributed by atoms with van der Waals surface area (Å²) in [5, 5.41) is 9.74. The number of hydrogen-bond donors (Lipinski definition) is 1. The zero-order valence-electron chi connectivity index (χ0n) is 11.1. The highest BCUT2D eigenvalue weighted by Crippen LogP contribution is 2.11. The Morgan fingerprint density at radius 1 is 1.39 bits per heavy atom. The molecule has 0 amide bonds. The number of hydrogen-bond acceptors (Lipinski definition) is 3. The molecule has 3 heteroatoms. The molecule has 3 nitrogen and oxygen atoms in total. The Bertz CT molecular complexity index is 343. The van der Waals surface area contributed by atoms with Crippen LogP contribution in [-0.2, 0) is 9.47 Å². The Kier molecular flexibility index (Phi) is 6.96. The molecule has 1 rings (SSSR count). The highest BCUT2D eigenvalue weighted by molar-refractivity contribution is 5.16. The molecule has 18 heavy (non-hydrogen) atoms. The van der Waals surface area contributed by atoms with Gasteiger partial charge in [0.1, 0.15) is 30.8 Å². The van der Waals surface area contributed by atoms with Crippen molar-refractivity contribution in [3.05, 3.63) is 48.0 Å². The fraction of sp³-hybridized carbons (Fsp3) is 0.467. The van der Waals surface area contributed by atoms with E-state index in [9.17, 15) is 5.11 Å². The van der Waals surface area contributed by atoms with Crippen LogP contribution in [0.4, 0.5) is 0 Å². The Hall–Kier alpha value is -1.48. The van der Waals surface area contributed by atoms with Gasteiger partial charge < -0.3 is 14.6 Å². The average Bonchev–Trinajstić information content (AvgIpc) is 2.42. The summed E-state index contributed by atoms with van der Waals surface area (Å²) in [5.74, 6) is 1.59. The van der Waals surface area contributed by atoms with Crippen LogP contribution in [0.5, 0.6) is 0 Å². The van der Waals surface area contributed by atoms with Gasteiger partial charge in [0.2, 0.25) is 0 Å². The molecule has 1 aliphatic carbocycles. The van der Waals surface area contributed by atoms with Crippen LogP contribution >= 0.6 is 0 Å². The van der Waals surface area contributed by atoms with Gasteiger partial charge in [-0.3, -0.25) is 0 Å². The standard InChI is InChI=1S/C15H22O3/c1-3-8-14(4-2)17-11-13(16)12-18-15-9-6-5-7-10-15/h3-4,6,8-10,13,16H,5,7,11-12H2,1-2H3/b8-3-,14-4+. The van der Waals surface area contributed by atoms with Crippen molar-refractivity contribution in [2.24, 2.45) is 0 Å². The molecular formula is C15H22O3. The summed E-state index contributed by atoms with van der Waals surface area (Å²) in [6.07, 6.45) is 13.1. The molecule has 1 aliphatic rings. The first-order valence-electron chi connectivity index (χ1n) is 6.35. The van der Waals surface area contributed by atoms with Gasteiger partial charge in [-0.25, -0.2) is 0 Å². The maximum absolute atomic E-state index is 9.74. The van der Waals surface area contributed by atoms with Crippen molar-refractivity contribution in [1.82, 2.24) is 0 Å². The van der Waals surface area contributed by atoms with E-state index in [1.807, 2.05) is 44.2 Å². The lowest BCUT2D eigenvalue weighted by Gasteiger charge is -2.15. The second-order valence-corrected chi connectivity index (χ2v) is 4.05. The lowest BCUT2D eigenvalue weighted by molar-refractivity contribution is 0.0222. The number of ether oxygens (including phenoxy) is 2. The molecule has 1 atom stereocenters. The SMILES string of the molecule is C/C=C\C(=C/C)OCC(O)COC1=CCCC=C1. The molecule has 1 N–H and O–H groups in total. The monoisotopic (exact) mass is 250 g/mol. The summed E-state index contributed by atoms with van der Waals surface area (Å²) in [4.78, 5) is 0. The summed E-state index contributed by atoms with van der Waals surface area (Å²) in [5.41, 5.74) is 0. The zero-order valence-corrected chi connectivity index (χ0v) is 11.1. The van der Waals surface area contributed by atoms with Gasteiger partial charge in [0.05, 0.1) is 0 Å². The van der Waals surface area contributed by atoms with Crippen molar-refractivity contribution in [2.75, 3.05) is 13.2 Å². The number of aliphatic hydroxyl groups excluding tert-OH is 1. The quantitative estimate of drug-likeness (QED) is 0.557. The van der Waals surface area contributed by atoms with Crippen LogP contribution in [0.1, 0.15) is 26.7 Å². The van der Waals surface area contributed by atoms with Crippen LogP contribution in [0.2, 0.25) is 0 Å². The first-order valence-corrected chi connectivity index (χ1v) is 6.35. The van der Waals surface area contributed by atoms with E-state index in [1.165, 1.54) is 0 Å². The molecule has 0 bridgehead atoms. The van der Waals surface area contributed by atoms with Crippen LogP contribution in [-0.4, -0.2) is 24.4 Å². The molecular weight excluding hydrogens is 228 g/mol. The molecule has 0 saturated carbocycles. The second kappa shape index (κ2) is 8.59. The van der Waals surface area contributed by atoms with Crippen molar-refractivity contribution < 1.29 is 14.6 Å². The van der Waals surface area contributed by atoms with E-state index in [0.29, 0.717) is 0 Å². The summed E-state index contributed by atoms with van der Waals surface area (Å²) in [6.45, 7) is 4.31. The lowest BCUT2D eigenvalue weighted by Crippen LogP contribution is -2.21. The first kappa shape index (κ1) is 14.6. The topological polar surface area (TPSA) is 38.7 Å². The minimum absolute atomic E-state index is 0.237. The Labute approximate surface area is 109 Å². The van der Waals surface area contributed by atoms with Gasteiger partial charge in [-0.15, -0.1) is 0 Å². The minimum atomic E-state index is -0.624. The molecule has 0 radical (unpaired) electrons. The molecule has 0 fully saturated rings. The third-order valence-corrected chi connectivity index (χ3v) is 2.46. The van der Waals surface area contributed by atoms with E-state index in [2.05, 4.69) is 6.08 Å². The Balaban J connectivity index is 2.23. The van der Waals surface area contributed by atoms with Crippen molar-refractivity contribution >= 4 is 0 Å². The van der Waals surface area contributed by atoms with Crippen LogP contribution in [0.15, 0.2) is 48.0 Å². The van der Waals surface area contributed by atoms with Gasteiger partial charge in [-0.05, 0) is 51.0 Å². The molecule has 0 aromatic carbocycles. The van der Waals surface area contributed by atoms with E-state index < -0.39 is 6.10 Å². The van der Waals surface area contributed by atoms with E-state index in [0.717, 1.165) is 24.4 Å². The van der Waals surface area contributed by atoms with Crippen LogP contribution < -0.4 is 0 Å². The van der Waals surface area contributed by atoms with E-state index in [1.54, 1.807) is 0 Å². The second-order valence-electron chi connectivity index (χ2n) is 4.05. The molecule has 0 aromatic heterocycles. The summed E-state index contributed by atoms with van der Waals surface area (Å²) >= 11 is 0. The van der Waals surface area contributed by atoms with Crippen molar-refractivity contribution in [3.8, 4) is 0 Å². The van der Waals surface area contributed by atoms with E-state index >= 15 is 0 Å². The van der Waals surface area contributed by atoms with E-state index in [4.69, 9.17) is 9.47 Å². The maximum Gasteiger partial charge on any atom is 0.122 e. The Morgan fingerprint density at radius 2 is 2.22 bits per heavy atom. The predicted molar refractivity (Wildman–Crippen MR) is 72.9 cm³/mol. The number of rotatable bonds is 7. The van der Waals surface area contributed by atoms with E-state index in [-0.39, 0.29) is 13.2 Å². The fourth-order valence-corrected chi connectivity index (χ4v) is 1.52. The minimum Gasteiger partial charge on any atom is -0.491 e. The number of allylic oxidation sites excluding steroid dienone is 6. The van der Waals surface area contributed by atoms with Gasteiger partial charge in [0.15, 0.2) is 0 Å². The lowest BCUT2D eigenvalue weighted by atomic mass is 10.2. The summed E-state index contributed by atoms with van der Waals surface area (Å²) in [7, 11) is 0. The smallest absolute Gasteiger partial charge is 0.122 e. The molecule has 100 valence electrons. The molecule has 0 spiro atoms. The van der Waals surface area contributed by atoms with Gasteiger partial charge in [-0.1, -0.05) is 12.2 Å². The van der Waals surface area contributed by atoms with Gasteiger partial charge >= 0.3 is 0 Å². The normalized spacial score (nSPS) is 17.7. The molecule has 0 saturated heterocycles. The summed E-state index contributed by atoms with van der Waals surface area (Å²) < 4.78 is 10.9. The van der Waals surface area contributed by atoms with Crippen molar-refractivity contribution in [2.45, 2.75) is 32.8 Å². The van der Waals surface area contributed by atoms with Crippen LogP contribution in [0.25, 0.3) is 0 Å². The molecule has 0 aliphatic heterocycles.